The summed E-state index contributed by atoms with van der Waals surface area (Å²) in [5, 5.41) is 0.0796. The highest BCUT2D eigenvalue weighted by Gasteiger charge is 2.27. The molecule has 1 unspecified atom stereocenters. The van der Waals surface area contributed by atoms with Crippen molar-refractivity contribution in [2.24, 2.45) is 0 Å². The zero-order valence-corrected chi connectivity index (χ0v) is 10.9. The Morgan fingerprint density at radius 3 is 2.76 bits per heavy atom. The van der Waals surface area contributed by atoms with Crippen LogP contribution in [-0.4, -0.2) is 31.0 Å². The van der Waals surface area contributed by atoms with Crippen LogP contribution in [0.4, 0.5) is 0 Å². The molecule has 17 heavy (non-hydrogen) atoms. The zero-order valence-electron chi connectivity index (χ0n) is 10.1. The van der Waals surface area contributed by atoms with E-state index in [9.17, 15) is 4.79 Å². The molecule has 3 nitrogen and oxygen atoms in total. The van der Waals surface area contributed by atoms with Gasteiger partial charge in [-0.25, -0.2) is 0 Å². The molecule has 1 aromatic carbocycles. The topological polar surface area (TPSA) is 35.5 Å². The van der Waals surface area contributed by atoms with E-state index >= 15 is 0 Å². The number of ether oxygens (including phenoxy) is 2. The van der Waals surface area contributed by atoms with Crippen LogP contribution >= 0.6 is 11.8 Å². The molecule has 1 fully saturated rings. The van der Waals surface area contributed by atoms with Gasteiger partial charge in [0.25, 0.3) is 0 Å². The van der Waals surface area contributed by atoms with E-state index in [-0.39, 0.29) is 11.0 Å². The van der Waals surface area contributed by atoms with Gasteiger partial charge in [0.2, 0.25) is 0 Å². The molecule has 1 aliphatic heterocycles. The van der Waals surface area contributed by atoms with Crippen molar-refractivity contribution in [3.8, 4) is 11.5 Å². The number of rotatable bonds is 4. The Labute approximate surface area is 105 Å². The van der Waals surface area contributed by atoms with Crippen molar-refractivity contribution in [1.82, 2.24) is 0 Å². The number of para-hydroxylation sites is 1. The van der Waals surface area contributed by atoms with E-state index in [1.54, 1.807) is 32.0 Å². The van der Waals surface area contributed by atoms with Crippen molar-refractivity contribution in [3.63, 3.8) is 0 Å². The molecule has 0 spiro atoms. The second-order valence-electron chi connectivity index (χ2n) is 3.91. The number of hydrogen-bond donors (Lipinski definition) is 0. The summed E-state index contributed by atoms with van der Waals surface area (Å²) in [6.07, 6.45) is 2.08. The Kier molecular flexibility index (Phi) is 3.94. The van der Waals surface area contributed by atoms with Crippen molar-refractivity contribution in [2.75, 3.05) is 20.0 Å². The summed E-state index contributed by atoms with van der Waals surface area (Å²) in [6, 6.07) is 5.44. The van der Waals surface area contributed by atoms with E-state index in [1.807, 2.05) is 12.1 Å². The number of methoxy groups -OCH3 is 2. The number of thioether (sulfide) groups is 1. The third-order valence-corrected chi connectivity index (χ3v) is 4.27. The molecule has 0 radical (unpaired) electrons. The molecule has 0 bridgehead atoms. The number of carbonyl (C=O) groups excluding carboxylic acids is 1. The van der Waals surface area contributed by atoms with Crippen molar-refractivity contribution in [2.45, 2.75) is 18.1 Å². The second kappa shape index (κ2) is 5.45. The fraction of sp³-hybridized carbons (Fsp3) is 0.462. The van der Waals surface area contributed by atoms with Gasteiger partial charge in [-0.05, 0) is 30.7 Å². The van der Waals surface area contributed by atoms with Crippen LogP contribution in [0.25, 0.3) is 0 Å². The first kappa shape index (κ1) is 12.3. The molecule has 1 aromatic rings. The third-order valence-electron chi connectivity index (χ3n) is 2.89. The van der Waals surface area contributed by atoms with Crippen LogP contribution in [0.2, 0.25) is 0 Å². The van der Waals surface area contributed by atoms with Crippen LogP contribution in [0, 0.1) is 0 Å². The number of benzene rings is 1. The Bertz CT molecular complexity index is 411. The van der Waals surface area contributed by atoms with E-state index in [0.29, 0.717) is 17.1 Å². The van der Waals surface area contributed by atoms with Crippen LogP contribution in [0.5, 0.6) is 11.5 Å². The maximum absolute atomic E-state index is 12.3. The van der Waals surface area contributed by atoms with Crippen LogP contribution < -0.4 is 9.47 Å². The predicted octanol–water partition coefficient (Wildman–Crippen LogP) is 2.78. The lowest BCUT2D eigenvalue weighted by Gasteiger charge is -2.14. The van der Waals surface area contributed by atoms with Crippen LogP contribution in [0.3, 0.4) is 0 Å². The minimum Gasteiger partial charge on any atom is -0.493 e. The first-order valence-electron chi connectivity index (χ1n) is 5.64. The number of ketones is 1. The molecule has 0 saturated carbocycles. The molecule has 0 aliphatic carbocycles. The van der Waals surface area contributed by atoms with Gasteiger partial charge in [0.1, 0.15) is 0 Å². The molecule has 2 rings (SSSR count). The van der Waals surface area contributed by atoms with Gasteiger partial charge in [-0.2, -0.15) is 11.8 Å². The second-order valence-corrected chi connectivity index (χ2v) is 5.22. The largest absolute Gasteiger partial charge is 0.493 e. The van der Waals surface area contributed by atoms with E-state index in [0.717, 1.165) is 18.6 Å². The molecule has 1 saturated heterocycles. The maximum Gasteiger partial charge on any atom is 0.179 e. The minimum atomic E-state index is 0.0796. The molecule has 0 N–H and O–H groups in total. The molecule has 4 heteroatoms. The lowest BCUT2D eigenvalue weighted by Crippen LogP contribution is -2.15. The summed E-state index contributed by atoms with van der Waals surface area (Å²) >= 11 is 1.73. The first-order valence-corrected chi connectivity index (χ1v) is 6.69. The lowest BCUT2D eigenvalue weighted by atomic mass is 10.0. The third kappa shape index (κ3) is 2.41. The van der Waals surface area contributed by atoms with Crippen LogP contribution in [-0.2, 0) is 0 Å². The average Bonchev–Trinajstić information content (AvgIpc) is 2.90. The smallest absolute Gasteiger partial charge is 0.179 e. The summed E-state index contributed by atoms with van der Waals surface area (Å²) in [5.74, 6) is 2.39. The molecular weight excluding hydrogens is 236 g/mol. The van der Waals surface area contributed by atoms with Crippen molar-refractivity contribution >= 4 is 17.5 Å². The van der Waals surface area contributed by atoms with Gasteiger partial charge in [-0.1, -0.05) is 6.07 Å². The SMILES string of the molecule is COc1cccc(C(=O)C2CCCS2)c1OC. The minimum absolute atomic E-state index is 0.0796. The van der Waals surface area contributed by atoms with Gasteiger partial charge in [-0.3, -0.25) is 4.79 Å². The van der Waals surface area contributed by atoms with Crippen molar-refractivity contribution < 1.29 is 14.3 Å². The number of carbonyl (C=O) groups is 1. The normalized spacial score (nSPS) is 19.1. The standard InChI is InChI=1S/C13H16O3S/c1-15-10-6-3-5-9(13(10)16-2)12(14)11-7-4-8-17-11/h3,5-6,11H,4,7-8H2,1-2H3. The van der Waals surface area contributed by atoms with Gasteiger partial charge in [0.15, 0.2) is 17.3 Å². The lowest BCUT2D eigenvalue weighted by molar-refractivity contribution is 0.0985. The van der Waals surface area contributed by atoms with E-state index < -0.39 is 0 Å². The molecule has 1 aliphatic rings. The molecule has 0 amide bonds. The first-order chi connectivity index (χ1) is 8.27. The molecule has 92 valence electrons. The Morgan fingerprint density at radius 1 is 1.35 bits per heavy atom. The van der Waals surface area contributed by atoms with E-state index in [2.05, 4.69) is 0 Å². The van der Waals surface area contributed by atoms with Crippen molar-refractivity contribution in [1.29, 1.82) is 0 Å². The Hall–Kier alpha value is -1.16. The van der Waals surface area contributed by atoms with E-state index in [1.165, 1.54) is 0 Å². The summed E-state index contributed by atoms with van der Waals surface area (Å²) in [6.45, 7) is 0. The van der Waals surface area contributed by atoms with Crippen LogP contribution in [0.15, 0.2) is 18.2 Å². The van der Waals surface area contributed by atoms with Gasteiger partial charge in [0.05, 0.1) is 25.0 Å². The fourth-order valence-corrected chi connectivity index (χ4v) is 3.27. The highest BCUT2D eigenvalue weighted by Crippen LogP contribution is 2.35. The van der Waals surface area contributed by atoms with Crippen LogP contribution in [0.1, 0.15) is 23.2 Å². The van der Waals surface area contributed by atoms with E-state index in [4.69, 9.17) is 9.47 Å². The molecular formula is C13H16O3S. The monoisotopic (exact) mass is 252 g/mol. The number of hydrogen-bond acceptors (Lipinski definition) is 4. The summed E-state index contributed by atoms with van der Waals surface area (Å²) in [7, 11) is 3.15. The molecule has 1 atom stereocenters. The Balaban J connectivity index is 2.33. The van der Waals surface area contributed by atoms with Crippen molar-refractivity contribution in [3.05, 3.63) is 23.8 Å². The molecule has 0 aromatic heterocycles. The van der Waals surface area contributed by atoms with Gasteiger partial charge >= 0.3 is 0 Å². The average molecular weight is 252 g/mol. The predicted molar refractivity (Wildman–Crippen MR) is 69.4 cm³/mol. The summed E-state index contributed by atoms with van der Waals surface area (Å²) < 4.78 is 10.5. The Morgan fingerprint density at radius 2 is 2.18 bits per heavy atom. The summed E-state index contributed by atoms with van der Waals surface area (Å²) in [5.41, 5.74) is 0.631. The van der Waals surface area contributed by atoms with Gasteiger partial charge in [-0.15, -0.1) is 0 Å². The highest BCUT2D eigenvalue weighted by molar-refractivity contribution is 8.00. The van der Waals surface area contributed by atoms with Gasteiger partial charge in [0, 0.05) is 0 Å². The zero-order chi connectivity index (χ0) is 12.3. The van der Waals surface area contributed by atoms with Gasteiger partial charge < -0.3 is 9.47 Å². The quantitative estimate of drug-likeness (QED) is 0.772. The molecule has 1 heterocycles. The summed E-state index contributed by atoms with van der Waals surface area (Å²) in [4.78, 5) is 12.3. The fourth-order valence-electron chi connectivity index (χ4n) is 2.04. The maximum atomic E-state index is 12.3. The number of Topliss-reactive ketones (excluding diaryl/α,β-unsaturated/α-hetero) is 1. The highest BCUT2D eigenvalue weighted by atomic mass is 32.2.